The molecular formula is C28H30O13P4. The first kappa shape index (κ1) is 35.3. The summed E-state index contributed by atoms with van der Waals surface area (Å²) in [5.41, 5.74) is 1.88. The lowest BCUT2D eigenvalue weighted by atomic mass is 10.2. The molecule has 45 heavy (non-hydrogen) atoms. The Labute approximate surface area is 260 Å². The van der Waals surface area contributed by atoms with Crippen LogP contribution in [0.15, 0.2) is 121 Å². The largest absolute Gasteiger partial charge is 0.492 e. The molecule has 0 radical (unpaired) electrons. The Kier molecular flexibility index (Phi) is 12.8. The normalized spacial score (nSPS) is 14.8. The summed E-state index contributed by atoms with van der Waals surface area (Å²) in [6.07, 6.45) is 0. The van der Waals surface area contributed by atoms with Crippen molar-refractivity contribution in [3.63, 3.8) is 0 Å². The van der Waals surface area contributed by atoms with Crippen molar-refractivity contribution in [2.24, 2.45) is 0 Å². The van der Waals surface area contributed by atoms with E-state index in [4.69, 9.17) is 26.7 Å². The van der Waals surface area contributed by atoms with Gasteiger partial charge in [0.05, 0.1) is 26.4 Å². The molecule has 0 aliphatic heterocycles. The van der Waals surface area contributed by atoms with E-state index in [0.29, 0.717) is 22.3 Å². The van der Waals surface area contributed by atoms with Crippen LogP contribution in [-0.2, 0) is 75.7 Å². The van der Waals surface area contributed by atoms with Crippen molar-refractivity contribution in [3.05, 3.63) is 144 Å². The molecule has 240 valence electrons. The fourth-order valence-corrected chi connectivity index (χ4v) is 9.71. The molecule has 0 bridgehead atoms. The molecule has 0 saturated heterocycles. The van der Waals surface area contributed by atoms with Crippen LogP contribution in [0, 0.1) is 0 Å². The van der Waals surface area contributed by atoms with Crippen LogP contribution in [0.3, 0.4) is 0 Å². The van der Waals surface area contributed by atoms with Crippen molar-refractivity contribution in [2.45, 2.75) is 26.4 Å². The molecule has 0 amide bonds. The van der Waals surface area contributed by atoms with Gasteiger partial charge in [-0.25, -0.2) is 18.3 Å². The summed E-state index contributed by atoms with van der Waals surface area (Å²) in [5.74, 6) is 0. The van der Waals surface area contributed by atoms with Gasteiger partial charge in [0.15, 0.2) is 0 Å². The van der Waals surface area contributed by atoms with Gasteiger partial charge in [0.1, 0.15) is 0 Å². The summed E-state index contributed by atoms with van der Waals surface area (Å²) in [6.45, 7) is -1.80. The molecule has 4 rings (SSSR count). The quantitative estimate of drug-likeness (QED) is 0.0951. The zero-order valence-electron chi connectivity index (χ0n) is 23.5. The third kappa shape index (κ3) is 12.6. The van der Waals surface area contributed by atoms with E-state index in [1.165, 1.54) is 0 Å². The summed E-state index contributed by atoms with van der Waals surface area (Å²) in [4.78, 5) is 19.0. The number of rotatable bonds is 18. The second-order valence-electron chi connectivity index (χ2n) is 9.11. The molecule has 13 nitrogen and oxygen atoms in total. The Morgan fingerprint density at radius 3 is 0.911 bits per heavy atom. The lowest BCUT2D eigenvalue weighted by Crippen LogP contribution is -2.06. The van der Waals surface area contributed by atoms with Gasteiger partial charge in [-0.15, -0.1) is 0 Å². The van der Waals surface area contributed by atoms with Crippen molar-refractivity contribution in [1.29, 1.82) is 0 Å². The molecule has 0 aliphatic rings. The van der Waals surface area contributed by atoms with E-state index < -0.39 is 44.5 Å². The van der Waals surface area contributed by atoms with Gasteiger partial charge in [-0.2, -0.15) is 12.9 Å². The first-order chi connectivity index (χ1) is 21.4. The minimum atomic E-state index is -5.61. The Hall–Kier alpha value is -2.56. The van der Waals surface area contributed by atoms with Crippen LogP contribution in [-0.4, -0.2) is 9.79 Å². The third-order valence-electron chi connectivity index (χ3n) is 5.53. The van der Waals surface area contributed by atoms with Gasteiger partial charge >= 0.3 is 31.3 Å². The van der Waals surface area contributed by atoms with E-state index in [1.54, 1.807) is 121 Å². The number of phosphoric ester groups is 1. The fraction of sp³-hybridized carbons (Fsp3) is 0.143. The van der Waals surface area contributed by atoms with Gasteiger partial charge < -0.3 is 9.79 Å². The highest BCUT2D eigenvalue weighted by molar-refractivity contribution is 7.70. The molecule has 17 heteroatoms. The van der Waals surface area contributed by atoms with Crippen molar-refractivity contribution >= 4 is 31.3 Å². The first-order valence-corrected chi connectivity index (χ1v) is 19.1. The summed E-state index contributed by atoms with van der Waals surface area (Å²) >= 11 is 0. The van der Waals surface area contributed by atoms with E-state index in [-0.39, 0.29) is 13.2 Å². The zero-order valence-corrected chi connectivity index (χ0v) is 27.1. The Morgan fingerprint density at radius 1 is 0.378 bits per heavy atom. The van der Waals surface area contributed by atoms with E-state index in [0.717, 1.165) is 0 Å². The standard InChI is InChI=1S/C28H30O13P4/c29-42(30,31)39-44(33,37-23-27-17-9-3-10-18-27)41-45(34,38-24-28-19-11-4-12-20-28)40-43(32,35-21-25-13-5-1-6-14-25)36-22-26-15-7-2-8-16-26/h1-20H,21-24H2,(H2,29,30,31). The Bertz CT molecular complexity index is 1620. The second kappa shape index (κ2) is 16.3. The van der Waals surface area contributed by atoms with E-state index in [9.17, 15) is 28.0 Å². The molecule has 0 fully saturated rings. The molecule has 2 atom stereocenters. The summed E-state index contributed by atoms with van der Waals surface area (Å²) in [6, 6.07) is 33.1. The lowest BCUT2D eigenvalue weighted by Gasteiger charge is -2.26. The Morgan fingerprint density at radius 2 is 0.622 bits per heavy atom. The number of hydrogen-bond acceptors (Lipinski definition) is 11. The number of hydrogen-bond donors (Lipinski definition) is 2. The summed E-state index contributed by atoms with van der Waals surface area (Å²) < 4.78 is 89.7. The highest BCUT2D eigenvalue weighted by atomic mass is 31.3. The fourth-order valence-electron chi connectivity index (χ4n) is 3.50. The first-order valence-electron chi connectivity index (χ1n) is 13.2. The van der Waals surface area contributed by atoms with E-state index in [1.807, 2.05) is 0 Å². The zero-order chi connectivity index (χ0) is 32.2. The van der Waals surface area contributed by atoms with Gasteiger partial charge in [0, 0.05) is 0 Å². The monoisotopic (exact) mass is 698 g/mol. The highest BCUT2D eigenvalue weighted by Crippen LogP contribution is 2.76. The van der Waals surface area contributed by atoms with Crippen LogP contribution in [0.4, 0.5) is 0 Å². The minimum absolute atomic E-state index is 0.354. The van der Waals surface area contributed by atoms with Crippen LogP contribution < -0.4 is 0 Å². The molecule has 0 heterocycles. The van der Waals surface area contributed by atoms with E-state index in [2.05, 4.69) is 4.31 Å². The van der Waals surface area contributed by atoms with Crippen molar-refractivity contribution in [1.82, 2.24) is 0 Å². The average molecular weight is 698 g/mol. The SMILES string of the molecule is O=P(O)(O)OP(=O)(OCc1ccccc1)OP(=O)(OCc1ccccc1)OP(=O)(OCc1ccccc1)OCc1ccccc1. The third-order valence-corrected chi connectivity index (χ3v) is 12.2. The molecule has 0 aliphatic carbocycles. The molecule has 4 aromatic carbocycles. The average Bonchev–Trinajstić information content (AvgIpc) is 3.02. The van der Waals surface area contributed by atoms with Crippen LogP contribution in [0.1, 0.15) is 22.3 Å². The lowest BCUT2D eigenvalue weighted by molar-refractivity contribution is 0.107. The molecular weight excluding hydrogens is 668 g/mol. The number of benzene rings is 4. The van der Waals surface area contributed by atoms with Gasteiger partial charge in [0.2, 0.25) is 0 Å². The highest BCUT2D eigenvalue weighted by Gasteiger charge is 2.50. The van der Waals surface area contributed by atoms with Gasteiger partial charge in [-0.05, 0) is 22.3 Å². The molecule has 0 saturated carbocycles. The van der Waals surface area contributed by atoms with Crippen molar-refractivity contribution < 1.29 is 59.1 Å². The Balaban J connectivity index is 1.66. The molecule has 4 aromatic rings. The van der Waals surface area contributed by atoms with E-state index >= 15 is 0 Å². The maximum absolute atomic E-state index is 14.2. The second-order valence-corrected chi connectivity index (χ2v) is 15.8. The van der Waals surface area contributed by atoms with Crippen LogP contribution in [0.2, 0.25) is 0 Å². The summed E-state index contributed by atoms with van der Waals surface area (Å²) in [5, 5.41) is 0. The molecule has 0 spiro atoms. The van der Waals surface area contributed by atoms with Crippen molar-refractivity contribution in [2.75, 3.05) is 0 Å². The van der Waals surface area contributed by atoms with Gasteiger partial charge in [0.25, 0.3) is 0 Å². The van der Waals surface area contributed by atoms with Crippen molar-refractivity contribution in [3.8, 4) is 0 Å². The smallest absolute Gasteiger partial charge is 0.302 e. The van der Waals surface area contributed by atoms with Crippen LogP contribution >= 0.6 is 31.3 Å². The molecule has 0 aromatic heterocycles. The maximum Gasteiger partial charge on any atom is 0.492 e. The number of phosphoric acid groups is 4. The topological polar surface area (TPSA) is 173 Å². The predicted octanol–water partition coefficient (Wildman–Crippen LogP) is 8.32. The van der Waals surface area contributed by atoms with Gasteiger partial charge in [-0.1, -0.05) is 121 Å². The van der Waals surface area contributed by atoms with Crippen LogP contribution in [0.5, 0.6) is 0 Å². The molecule has 2 N–H and O–H groups in total. The predicted molar refractivity (Wildman–Crippen MR) is 163 cm³/mol. The van der Waals surface area contributed by atoms with Crippen LogP contribution in [0.25, 0.3) is 0 Å². The van der Waals surface area contributed by atoms with Gasteiger partial charge in [-0.3, -0.25) is 18.1 Å². The summed E-state index contributed by atoms with van der Waals surface area (Å²) in [7, 11) is -21.5. The maximum atomic E-state index is 14.2. The minimum Gasteiger partial charge on any atom is -0.302 e. The molecule has 2 unspecified atom stereocenters.